The molecule has 1 aliphatic rings. The van der Waals surface area contributed by atoms with Crippen LogP contribution in [-0.4, -0.2) is 41.4 Å². The van der Waals surface area contributed by atoms with E-state index in [4.69, 9.17) is 10.5 Å². The number of aliphatic hydroxyl groups excluding tert-OH is 1. The van der Waals surface area contributed by atoms with Crippen LogP contribution in [-0.2, 0) is 11.3 Å². The SMILES string of the molecule is CC1(C)CN(Cc2ccc(N)cc2F)CC(CO)O1. The smallest absolute Gasteiger partial charge is 0.129 e. The molecule has 106 valence electrons. The summed E-state index contributed by atoms with van der Waals surface area (Å²) in [5, 5.41) is 9.26. The molecule has 19 heavy (non-hydrogen) atoms. The van der Waals surface area contributed by atoms with Crippen molar-refractivity contribution in [2.45, 2.75) is 32.1 Å². The van der Waals surface area contributed by atoms with Crippen molar-refractivity contribution in [2.75, 3.05) is 25.4 Å². The third-order valence-corrected chi connectivity index (χ3v) is 3.23. The molecule has 0 saturated carbocycles. The lowest BCUT2D eigenvalue weighted by Crippen LogP contribution is -2.53. The first-order chi connectivity index (χ1) is 8.89. The van der Waals surface area contributed by atoms with Crippen molar-refractivity contribution in [2.24, 2.45) is 0 Å². The van der Waals surface area contributed by atoms with Crippen LogP contribution in [0.2, 0.25) is 0 Å². The van der Waals surface area contributed by atoms with Gasteiger partial charge in [-0.05, 0) is 26.0 Å². The van der Waals surface area contributed by atoms with Crippen molar-refractivity contribution >= 4 is 5.69 Å². The fraction of sp³-hybridized carbons (Fsp3) is 0.571. The third-order valence-electron chi connectivity index (χ3n) is 3.23. The number of aliphatic hydroxyl groups is 1. The van der Waals surface area contributed by atoms with Crippen LogP contribution >= 0.6 is 0 Å². The van der Waals surface area contributed by atoms with Gasteiger partial charge in [0, 0.05) is 30.9 Å². The van der Waals surface area contributed by atoms with E-state index in [1.807, 2.05) is 13.8 Å². The van der Waals surface area contributed by atoms with Crippen LogP contribution in [0.15, 0.2) is 18.2 Å². The van der Waals surface area contributed by atoms with Gasteiger partial charge in [-0.25, -0.2) is 4.39 Å². The molecular weight excluding hydrogens is 247 g/mol. The highest BCUT2D eigenvalue weighted by molar-refractivity contribution is 5.40. The quantitative estimate of drug-likeness (QED) is 0.813. The third kappa shape index (κ3) is 3.65. The molecule has 0 aromatic heterocycles. The average molecular weight is 268 g/mol. The van der Waals surface area contributed by atoms with Crippen molar-refractivity contribution in [3.63, 3.8) is 0 Å². The molecular formula is C14H21FN2O2. The summed E-state index contributed by atoms with van der Waals surface area (Å²) in [6.07, 6.45) is -0.222. The molecule has 1 fully saturated rings. The van der Waals surface area contributed by atoms with Gasteiger partial charge in [0.2, 0.25) is 0 Å². The van der Waals surface area contributed by atoms with Crippen LogP contribution in [0.4, 0.5) is 10.1 Å². The Bertz CT molecular complexity index is 451. The number of halogens is 1. The van der Waals surface area contributed by atoms with Crippen LogP contribution in [0.3, 0.4) is 0 Å². The predicted octanol–water partition coefficient (Wildman–Crippen LogP) is 1.38. The summed E-state index contributed by atoms with van der Waals surface area (Å²) in [5.41, 5.74) is 6.25. The van der Waals surface area contributed by atoms with Crippen molar-refractivity contribution in [1.29, 1.82) is 0 Å². The number of morpholine rings is 1. The highest BCUT2D eigenvalue weighted by atomic mass is 19.1. The lowest BCUT2D eigenvalue weighted by Gasteiger charge is -2.42. The molecule has 0 amide bonds. The van der Waals surface area contributed by atoms with Gasteiger partial charge in [0.15, 0.2) is 0 Å². The van der Waals surface area contributed by atoms with E-state index in [2.05, 4.69) is 4.90 Å². The molecule has 1 aliphatic heterocycles. The standard InChI is InChI=1S/C14H21FN2O2/c1-14(2)9-17(7-12(8-18)19-14)6-10-3-4-11(16)5-13(10)15/h3-5,12,18H,6-9,16H2,1-2H3. The lowest BCUT2D eigenvalue weighted by molar-refractivity contribution is -0.150. The Labute approximate surface area is 113 Å². The highest BCUT2D eigenvalue weighted by Crippen LogP contribution is 2.23. The van der Waals surface area contributed by atoms with E-state index in [0.717, 1.165) is 0 Å². The average Bonchev–Trinajstić information content (AvgIpc) is 2.31. The van der Waals surface area contributed by atoms with E-state index in [1.54, 1.807) is 12.1 Å². The summed E-state index contributed by atoms with van der Waals surface area (Å²) in [6, 6.07) is 4.75. The number of anilines is 1. The normalized spacial score (nSPS) is 23.5. The number of nitrogens with two attached hydrogens (primary N) is 1. The fourth-order valence-electron chi connectivity index (χ4n) is 2.56. The Kier molecular flexibility index (Phi) is 4.08. The second kappa shape index (κ2) is 5.45. The molecule has 1 atom stereocenters. The Morgan fingerprint density at radius 3 is 2.89 bits per heavy atom. The number of ether oxygens (including phenoxy) is 1. The first kappa shape index (κ1) is 14.2. The van der Waals surface area contributed by atoms with Crippen LogP contribution < -0.4 is 5.73 Å². The van der Waals surface area contributed by atoms with Gasteiger partial charge in [-0.15, -0.1) is 0 Å². The van der Waals surface area contributed by atoms with Gasteiger partial charge >= 0.3 is 0 Å². The second-order valence-electron chi connectivity index (χ2n) is 5.70. The molecule has 1 unspecified atom stereocenters. The van der Waals surface area contributed by atoms with E-state index >= 15 is 0 Å². The number of nitrogens with zero attached hydrogens (tertiary/aromatic N) is 1. The summed E-state index contributed by atoms with van der Waals surface area (Å²) in [6.45, 7) is 5.72. The minimum atomic E-state index is -0.337. The largest absolute Gasteiger partial charge is 0.399 e. The van der Waals surface area contributed by atoms with Crippen LogP contribution in [0.25, 0.3) is 0 Å². The second-order valence-corrected chi connectivity index (χ2v) is 5.70. The molecule has 4 nitrogen and oxygen atoms in total. The zero-order valence-electron chi connectivity index (χ0n) is 11.4. The van der Waals surface area contributed by atoms with Crippen LogP contribution in [0, 0.1) is 5.82 Å². The van der Waals surface area contributed by atoms with E-state index in [1.165, 1.54) is 6.07 Å². The minimum absolute atomic E-state index is 0.0237. The van der Waals surface area contributed by atoms with Gasteiger partial charge < -0.3 is 15.6 Å². The number of hydrogen-bond acceptors (Lipinski definition) is 4. The highest BCUT2D eigenvalue weighted by Gasteiger charge is 2.33. The Balaban J connectivity index is 2.09. The zero-order valence-corrected chi connectivity index (χ0v) is 11.4. The van der Waals surface area contributed by atoms with Gasteiger partial charge in [-0.3, -0.25) is 4.90 Å². The van der Waals surface area contributed by atoms with E-state index in [-0.39, 0.29) is 24.1 Å². The zero-order chi connectivity index (χ0) is 14.0. The van der Waals surface area contributed by atoms with Gasteiger partial charge in [-0.2, -0.15) is 0 Å². The van der Waals surface area contributed by atoms with E-state index in [0.29, 0.717) is 30.9 Å². The first-order valence-corrected chi connectivity index (χ1v) is 6.44. The fourth-order valence-corrected chi connectivity index (χ4v) is 2.56. The van der Waals surface area contributed by atoms with E-state index < -0.39 is 0 Å². The minimum Gasteiger partial charge on any atom is -0.399 e. The topological polar surface area (TPSA) is 58.7 Å². The maximum absolute atomic E-state index is 13.8. The monoisotopic (exact) mass is 268 g/mol. The first-order valence-electron chi connectivity index (χ1n) is 6.44. The molecule has 0 bridgehead atoms. The summed E-state index contributed by atoms with van der Waals surface area (Å²) in [5.74, 6) is -0.287. The van der Waals surface area contributed by atoms with Gasteiger partial charge in [0.1, 0.15) is 5.82 Å². The Morgan fingerprint density at radius 2 is 2.26 bits per heavy atom. The molecule has 0 spiro atoms. The molecule has 1 aromatic rings. The predicted molar refractivity (Wildman–Crippen MR) is 72.1 cm³/mol. The van der Waals surface area contributed by atoms with Crippen molar-refractivity contribution in [3.05, 3.63) is 29.6 Å². The number of hydrogen-bond donors (Lipinski definition) is 2. The summed E-state index contributed by atoms with van der Waals surface area (Å²) in [7, 11) is 0. The molecule has 1 saturated heterocycles. The molecule has 3 N–H and O–H groups in total. The number of nitrogen functional groups attached to an aromatic ring is 1. The van der Waals surface area contributed by atoms with E-state index in [9.17, 15) is 9.50 Å². The molecule has 0 aliphatic carbocycles. The van der Waals surface area contributed by atoms with Crippen LogP contribution in [0.5, 0.6) is 0 Å². The summed E-state index contributed by atoms with van der Waals surface area (Å²) < 4.78 is 19.5. The number of benzene rings is 1. The maximum atomic E-state index is 13.8. The Hall–Kier alpha value is -1.17. The molecule has 1 aromatic carbocycles. The van der Waals surface area contributed by atoms with Gasteiger partial charge in [-0.1, -0.05) is 6.07 Å². The van der Waals surface area contributed by atoms with Crippen LogP contribution in [0.1, 0.15) is 19.4 Å². The molecule has 1 heterocycles. The summed E-state index contributed by atoms with van der Waals surface area (Å²) >= 11 is 0. The van der Waals surface area contributed by atoms with Crippen molar-refractivity contribution in [1.82, 2.24) is 4.90 Å². The molecule has 0 radical (unpaired) electrons. The molecule has 2 rings (SSSR count). The van der Waals surface area contributed by atoms with Gasteiger partial charge in [0.05, 0.1) is 18.3 Å². The lowest BCUT2D eigenvalue weighted by atomic mass is 10.0. The summed E-state index contributed by atoms with van der Waals surface area (Å²) in [4.78, 5) is 2.10. The van der Waals surface area contributed by atoms with Gasteiger partial charge in [0.25, 0.3) is 0 Å². The Morgan fingerprint density at radius 1 is 1.53 bits per heavy atom. The van der Waals surface area contributed by atoms with Crippen molar-refractivity contribution in [3.8, 4) is 0 Å². The molecule has 5 heteroatoms. The number of rotatable bonds is 3. The van der Waals surface area contributed by atoms with Crippen molar-refractivity contribution < 1.29 is 14.2 Å². The maximum Gasteiger partial charge on any atom is 0.129 e.